The second-order valence-corrected chi connectivity index (χ2v) is 7.56. The zero-order valence-electron chi connectivity index (χ0n) is 11.3. The van der Waals surface area contributed by atoms with Crippen LogP contribution in [0.15, 0.2) is 0 Å². The van der Waals surface area contributed by atoms with Gasteiger partial charge in [-0.15, -0.1) is 0 Å². The molecular weight excluding hydrogens is 238 g/mol. The standard InChI is InChI=1S/C11H25N3O2S/c1-11(2,3)13-17(15,16)14(4)9-10-7-5-6-8-12-10/h10,12-13H,5-9H2,1-4H3. The number of nitrogens with zero attached hydrogens (tertiary/aromatic N) is 1. The van der Waals surface area contributed by atoms with Gasteiger partial charge in [-0.2, -0.15) is 17.4 Å². The second kappa shape index (κ2) is 5.65. The Morgan fingerprint density at radius 1 is 1.35 bits per heavy atom. The zero-order valence-corrected chi connectivity index (χ0v) is 12.1. The molecule has 1 atom stereocenters. The van der Waals surface area contributed by atoms with Crippen molar-refractivity contribution in [3.63, 3.8) is 0 Å². The molecule has 0 radical (unpaired) electrons. The van der Waals surface area contributed by atoms with Crippen LogP contribution in [-0.2, 0) is 10.2 Å². The first-order valence-electron chi connectivity index (χ1n) is 6.19. The van der Waals surface area contributed by atoms with Gasteiger partial charge in [-0.05, 0) is 40.2 Å². The topological polar surface area (TPSA) is 61.4 Å². The summed E-state index contributed by atoms with van der Waals surface area (Å²) in [5, 5.41) is 3.35. The van der Waals surface area contributed by atoms with Crippen LogP contribution in [0.4, 0.5) is 0 Å². The number of nitrogens with one attached hydrogen (secondary N) is 2. The van der Waals surface area contributed by atoms with Crippen molar-refractivity contribution in [2.24, 2.45) is 0 Å². The predicted octanol–water partition coefficient (Wildman–Crippen LogP) is 0.693. The van der Waals surface area contributed by atoms with Gasteiger partial charge in [-0.1, -0.05) is 6.42 Å². The summed E-state index contributed by atoms with van der Waals surface area (Å²) in [6.45, 7) is 7.06. The molecule has 6 heteroatoms. The van der Waals surface area contributed by atoms with Crippen molar-refractivity contribution in [1.29, 1.82) is 0 Å². The highest BCUT2D eigenvalue weighted by atomic mass is 32.2. The highest BCUT2D eigenvalue weighted by molar-refractivity contribution is 7.87. The maximum absolute atomic E-state index is 12.0. The van der Waals surface area contributed by atoms with Crippen molar-refractivity contribution >= 4 is 10.2 Å². The third kappa shape index (κ3) is 5.33. The molecule has 0 aromatic heterocycles. The molecule has 0 saturated carbocycles. The largest absolute Gasteiger partial charge is 0.313 e. The minimum Gasteiger partial charge on any atom is -0.313 e. The van der Waals surface area contributed by atoms with Gasteiger partial charge in [0.25, 0.3) is 10.2 Å². The first-order valence-corrected chi connectivity index (χ1v) is 7.63. The van der Waals surface area contributed by atoms with Crippen LogP contribution in [0.2, 0.25) is 0 Å². The molecule has 0 aromatic rings. The maximum Gasteiger partial charge on any atom is 0.279 e. The first kappa shape index (κ1) is 14.9. The molecule has 5 nitrogen and oxygen atoms in total. The Hall–Kier alpha value is -0.170. The van der Waals surface area contributed by atoms with E-state index < -0.39 is 15.7 Å². The summed E-state index contributed by atoms with van der Waals surface area (Å²) in [4.78, 5) is 0. The zero-order chi connectivity index (χ0) is 13.1. The SMILES string of the molecule is CN(CC1CCCCN1)S(=O)(=O)NC(C)(C)C. The van der Waals surface area contributed by atoms with Crippen LogP contribution < -0.4 is 10.0 Å². The summed E-state index contributed by atoms with van der Waals surface area (Å²) in [7, 11) is -1.74. The van der Waals surface area contributed by atoms with Crippen molar-refractivity contribution in [3.8, 4) is 0 Å². The summed E-state index contributed by atoms with van der Waals surface area (Å²) in [6, 6.07) is 0.283. The molecule has 1 fully saturated rings. The van der Waals surface area contributed by atoms with Crippen LogP contribution in [0.5, 0.6) is 0 Å². The normalized spacial score (nSPS) is 23.0. The summed E-state index contributed by atoms with van der Waals surface area (Å²) >= 11 is 0. The Bertz CT molecular complexity index is 329. The molecule has 0 spiro atoms. The lowest BCUT2D eigenvalue weighted by Gasteiger charge is -2.30. The number of hydrogen-bond donors (Lipinski definition) is 2. The predicted molar refractivity (Wildman–Crippen MR) is 70.1 cm³/mol. The van der Waals surface area contributed by atoms with Crippen LogP contribution in [0.1, 0.15) is 40.0 Å². The number of likely N-dealkylation sites (N-methyl/N-ethyl adjacent to an activating group) is 1. The molecule has 1 saturated heterocycles. The molecule has 0 bridgehead atoms. The fourth-order valence-electron chi connectivity index (χ4n) is 1.95. The summed E-state index contributed by atoms with van der Waals surface area (Å²) in [5.41, 5.74) is -0.437. The summed E-state index contributed by atoms with van der Waals surface area (Å²) in [5.74, 6) is 0. The van der Waals surface area contributed by atoms with Gasteiger partial charge in [0.15, 0.2) is 0 Å². The van der Waals surface area contributed by atoms with Crippen molar-refractivity contribution in [2.45, 2.75) is 51.6 Å². The Kier molecular flexibility index (Phi) is 4.95. The highest BCUT2D eigenvalue weighted by Crippen LogP contribution is 2.10. The van der Waals surface area contributed by atoms with Crippen LogP contribution in [0.3, 0.4) is 0 Å². The molecular formula is C11H25N3O2S. The number of hydrogen-bond acceptors (Lipinski definition) is 3. The van der Waals surface area contributed by atoms with Gasteiger partial charge in [0.05, 0.1) is 0 Å². The molecule has 1 heterocycles. The fourth-order valence-corrected chi connectivity index (χ4v) is 3.26. The highest BCUT2D eigenvalue weighted by Gasteiger charge is 2.26. The van der Waals surface area contributed by atoms with Gasteiger partial charge in [0.1, 0.15) is 0 Å². The van der Waals surface area contributed by atoms with Crippen LogP contribution in [0.25, 0.3) is 0 Å². The Morgan fingerprint density at radius 3 is 2.47 bits per heavy atom. The van der Waals surface area contributed by atoms with E-state index in [1.54, 1.807) is 7.05 Å². The minimum absolute atomic E-state index is 0.283. The summed E-state index contributed by atoms with van der Waals surface area (Å²) in [6.07, 6.45) is 3.42. The van der Waals surface area contributed by atoms with Gasteiger partial charge in [0.2, 0.25) is 0 Å². The second-order valence-electron chi connectivity index (χ2n) is 5.78. The molecule has 0 aromatic carbocycles. The van der Waals surface area contributed by atoms with Crippen molar-refractivity contribution < 1.29 is 8.42 Å². The third-order valence-corrected chi connectivity index (χ3v) is 4.58. The average Bonchev–Trinajstić information content (AvgIpc) is 2.15. The van der Waals surface area contributed by atoms with Gasteiger partial charge in [0, 0.05) is 25.2 Å². The molecule has 0 amide bonds. The van der Waals surface area contributed by atoms with E-state index in [2.05, 4.69) is 10.0 Å². The molecule has 1 unspecified atom stereocenters. The molecule has 102 valence electrons. The molecule has 2 N–H and O–H groups in total. The van der Waals surface area contributed by atoms with Crippen molar-refractivity contribution in [1.82, 2.24) is 14.3 Å². The van der Waals surface area contributed by atoms with E-state index in [4.69, 9.17) is 0 Å². The monoisotopic (exact) mass is 263 g/mol. The quantitative estimate of drug-likeness (QED) is 0.784. The third-order valence-electron chi connectivity index (χ3n) is 2.74. The van der Waals surface area contributed by atoms with Crippen LogP contribution in [0, 0.1) is 0 Å². The van der Waals surface area contributed by atoms with Crippen molar-refractivity contribution in [3.05, 3.63) is 0 Å². The lowest BCUT2D eigenvalue weighted by Crippen LogP contribution is -2.51. The van der Waals surface area contributed by atoms with Gasteiger partial charge >= 0.3 is 0 Å². The number of piperidine rings is 1. The van der Waals surface area contributed by atoms with Crippen LogP contribution >= 0.6 is 0 Å². The fraction of sp³-hybridized carbons (Fsp3) is 1.00. The van der Waals surface area contributed by atoms with Crippen molar-refractivity contribution in [2.75, 3.05) is 20.1 Å². The van der Waals surface area contributed by atoms with E-state index in [0.717, 1.165) is 13.0 Å². The smallest absolute Gasteiger partial charge is 0.279 e. The van der Waals surface area contributed by atoms with E-state index >= 15 is 0 Å². The van der Waals surface area contributed by atoms with Gasteiger partial charge < -0.3 is 5.32 Å². The molecule has 17 heavy (non-hydrogen) atoms. The first-order chi connectivity index (χ1) is 7.71. The molecule has 1 aliphatic rings. The molecule has 1 rings (SSSR count). The lowest BCUT2D eigenvalue weighted by molar-refractivity contribution is 0.330. The Labute approximate surface area is 105 Å². The van der Waals surface area contributed by atoms with Gasteiger partial charge in [-0.3, -0.25) is 0 Å². The van der Waals surface area contributed by atoms with E-state index in [0.29, 0.717) is 6.54 Å². The molecule has 0 aliphatic carbocycles. The summed E-state index contributed by atoms with van der Waals surface area (Å²) < 4.78 is 28.1. The van der Waals surface area contributed by atoms with Crippen LogP contribution in [-0.4, -0.2) is 44.4 Å². The van der Waals surface area contributed by atoms with E-state index in [1.807, 2.05) is 20.8 Å². The lowest BCUT2D eigenvalue weighted by atomic mass is 10.1. The Morgan fingerprint density at radius 2 is 2.00 bits per heavy atom. The Balaban J connectivity index is 2.53. The average molecular weight is 263 g/mol. The van der Waals surface area contributed by atoms with E-state index in [9.17, 15) is 8.42 Å². The molecule has 1 aliphatic heterocycles. The van der Waals surface area contributed by atoms with Gasteiger partial charge in [-0.25, -0.2) is 0 Å². The number of rotatable bonds is 4. The van der Waals surface area contributed by atoms with E-state index in [-0.39, 0.29) is 6.04 Å². The minimum atomic E-state index is -3.37. The maximum atomic E-state index is 12.0. The van der Waals surface area contributed by atoms with E-state index in [1.165, 1.54) is 17.1 Å².